The lowest BCUT2D eigenvalue weighted by molar-refractivity contribution is 0.552. The van der Waals surface area contributed by atoms with E-state index in [2.05, 4.69) is 16.5 Å². The van der Waals surface area contributed by atoms with Gasteiger partial charge in [0.05, 0.1) is 21.3 Å². The molecule has 1 aromatic heterocycles. The minimum Gasteiger partial charge on any atom is -0.398 e. The highest BCUT2D eigenvalue weighted by Crippen LogP contribution is 2.29. The van der Waals surface area contributed by atoms with Crippen LogP contribution >= 0.6 is 22.9 Å². The smallest absolute Gasteiger partial charge is 0.0958 e. The molecular weight excluding hydrogens is 304 g/mol. The number of halogens is 1. The van der Waals surface area contributed by atoms with E-state index in [-0.39, 0.29) is 6.04 Å². The summed E-state index contributed by atoms with van der Waals surface area (Å²) in [5.41, 5.74) is 11.4. The molecule has 0 aliphatic heterocycles. The van der Waals surface area contributed by atoms with E-state index in [1.807, 2.05) is 30.3 Å². The van der Waals surface area contributed by atoms with Gasteiger partial charge in [0.2, 0.25) is 0 Å². The number of nitrogens with zero attached hydrogens (tertiary/aromatic N) is 1. The molecule has 0 saturated heterocycles. The Morgan fingerprint density at radius 2 is 2.05 bits per heavy atom. The minimum absolute atomic E-state index is 0.0946. The molecule has 4 nitrogen and oxygen atoms in total. The molecule has 1 unspecified atom stereocenters. The van der Waals surface area contributed by atoms with Crippen molar-refractivity contribution < 1.29 is 0 Å². The van der Waals surface area contributed by atoms with Gasteiger partial charge in [-0.25, -0.2) is 4.98 Å². The molecule has 0 radical (unpaired) electrons. The number of hydrazine groups is 1. The van der Waals surface area contributed by atoms with E-state index >= 15 is 0 Å². The number of hydrogen-bond acceptors (Lipinski definition) is 5. The van der Waals surface area contributed by atoms with E-state index in [4.69, 9.17) is 23.2 Å². The maximum absolute atomic E-state index is 6.03. The molecular formula is C15H15ClN4S. The van der Waals surface area contributed by atoms with Crippen LogP contribution in [0.15, 0.2) is 42.5 Å². The van der Waals surface area contributed by atoms with Gasteiger partial charge >= 0.3 is 0 Å². The van der Waals surface area contributed by atoms with Gasteiger partial charge in [-0.2, -0.15) is 0 Å². The second-order valence-corrected chi connectivity index (χ2v) is 6.32. The number of hydrogen-bond donors (Lipinski definition) is 3. The number of thiazole rings is 1. The third-order valence-corrected chi connectivity index (χ3v) is 4.64. The van der Waals surface area contributed by atoms with Crippen molar-refractivity contribution in [2.45, 2.75) is 12.5 Å². The fourth-order valence-electron chi connectivity index (χ4n) is 2.30. The zero-order valence-electron chi connectivity index (χ0n) is 11.2. The number of nitrogens with one attached hydrogen (secondary N) is 1. The topological polar surface area (TPSA) is 77.0 Å². The molecule has 5 N–H and O–H groups in total. The van der Waals surface area contributed by atoms with Gasteiger partial charge in [-0.15, -0.1) is 11.3 Å². The number of aromatic nitrogens is 1. The van der Waals surface area contributed by atoms with Crippen LogP contribution in [0.2, 0.25) is 5.02 Å². The Kier molecular flexibility index (Phi) is 4.07. The van der Waals surface area contributed by atoms with Gasteiger partial charge in [-0.3, -0.25) is 11.3 Å². The zero-order valence-corrected chi connectivity index (χ0v) is 12.8. The van der Waals surface area contributed by atoms with E-state index in [0.29, 0.717) is 17.1 Å². The molecule has 21 heavy (non-hydrogen) atoms. The number of rotatable bonds is 4. The van der Waals surface area contributed by atoms with Crippen LogP contribution in [0.25, 0.3) is 10.2 Å². The first-order chi connectivity index (χ1) is 10.2. The van der Waals surface area contributed by atoms with Crippen molar-refractivity contribution in [2.24, 2.45) is 5.84 Å². The Morgan fingerprint density at radius 1 is 1.24 bits per heavy atom. The van der Waals surface area contributed by atoms with E-state index < -0.39 is 0 Å². The summed E-state index contributed by atoms with van der Waals surface area (Å²) < 4.78 is 1.17. The molecule has 0 aliphatic carbocycles. The van der Waals surface area contributed by atoms with Gasteiger partial charge in [0, 0.05) is 17.1 Å². The molecule has 0 bridgehead atoms. The molecule has 0 saturated carbocycles. The second-order valence-electron chi connectivity index (χ2n) is 4.77. The highest BCUT2D eigenvalue weighted by molar-refractivity contribution is 7.18. The SMILES string of the molecule is NNC(Cc1nc2ccccc2s1)c1ccc(Cl)cc1N. The quantitative estimate of drug-likeness (QED) is 0.392. The van der Waals surface area contributed by atoms with E-state index in [1.54, 1.807) is 17.4 Å². The summed E-state index contributed by atoms with van der Waals surface area (Å²) >= 11 is 7.61. The fourth-order valence-corrected chi connectivity index (χ4v) is 3.50. The maximum Gasteiger partial charge on any atom is 0.0958 e. The summed E-state index contributed by atoms with van der Waals surface area (Å²) in [6.07, 6.45) is 0.682. The largest absolute Gasteiger partial charge is 0.398 e. The molecule has 3 aromatic rings. The molecule has 6 heteroatoms. The van der Waals surface area contributed by atoms with E-state index in [9.17, 15) is 0 Å². The van der Waals surface area contributed by atoms with Crippen LogP contribution in [0.1, 0.15) is 16.6 Å². The first kappa shape index (κ1) is 14.3. The summed E-state index contributed by atoms with van der Waals surface area (Å²) in [4.78, 5) is 4.63. The maximum atomic E-state index is 6.03. The second kappa shape index (κ2) is 5.99. The third-order valence-electron chi connectivity index (χ3n) is 3.34. The first-order valence-electron chi connectivity index (χ1n) is 6.53. The van der Waals surface area contributed by atoms with Gasteiger partial charge in [0.1, 0.15) is 0 Å². The number of nitrogens with two attached hydrogens (primary N) is 2. The van der Waals surface area contributed by atoms with E-state index in [1.165, 1.54) is 4.70 Å². The lowest BCUT2D eigenvalue weighted by Crippen LogP contribution is -2.30. The van der Waals surface area contributed by atoms with Crippen molar-refractivity contribution in [1.29, 1.82) is 0 Å². The normalized spacial score (nSPS) is 12.7. The predicted molar refractivity (Wildman–Crippen MR) is 89.3 cm³/mol. The summed E-state index contributed by atoms with van der Waals surface area (Å²) in [7, 11) is 0. The monoisotopic (exact) mass is 318 g/mol. The molecule has 0 aliphatic rings. The van der Waals surface area contributed by atoms with Crippen LogP contribution in [0.3, 0.4) is 0 Å². The van der Waals surface area contributed by atoms with E-state index in [0.717, 1.165) is 16.1 Å². The highest BCUT2D eigenvalue weighted by atomic mass is 35.5. The number of benzene rings is 2. The lowest BCUT2D eigenvalue weighted by atomic mass is 10.0. The number of nitrogen functional groups attached to an aromatic ring is 1. The Hall–Kier alpha value is -1.66. The van der Waals surface area contributed by atoms with Crippen LogP contribution in [-0.4, -0.2) is 4.98 Å². The van der Waals surface area contributed by atoms with Crippen LogP contribution < -0.4 is 17.0 Å². The molecule has 1 atom stereocenters. The molecule has 2 aromatic carbocycles. The van der Waals surface area contributed by atoms with Gasteiger partial charge in [-0.05, 0) is 29.8 Å². The third kappa shape index (κ3) is 3.01. The van der Waals surface area contributed by atoms with Gasteiger partial charge in [0.15, 0.2) is 0 Å². The average Bonchev–Trinajstić information content (AvgIpc) is 2.87. The standard InChI is InChI=1S/C15H15ClN4S/c16-9-5-6-10(11(17)7-9)13(20-18)8-15-19-12-3-1-2-4-14(12)21-15/h1-7,13,20H,8,17-18H2. The Bertz CT molecular complexity index is 738. The fraction of sp³-hybridized carbons (Fsp3) is 0.133. The summed E-state index contributed by atoms with van der Waals surface area (Å²) in [5.74, 6) is 5.69. The van der Waals surface area contributed by atoms with Crippen molar-refractivity contribution >= 4 is 38.8 Å². The van der Waals surface area contributed by atoms with Gasteiger partial charge < -0.3 is 5.73 Å². The zero-order chi connectivity index (χ0) is 14.8. The van der Waals surface area contributed by atoms with Crippen LogP contribution in [-0.2, 0) is 6.42 Å². The average molecular weight is 319 g/mol. The van der Waals surface area contributed by atoms with Gasteiger partial charge in [0.25, 0.3) is 0 Å². The van der Waals surface area contributed by atoms with Crippen LogP contribution in [0.4, 0.5) is 5.69 Å². The van der Waals surface area contributed by atoms with Crippen LogP contribution in [0.5, 0.6) is 0 Å². The molecule has 0 amide bonds. The van der Waals surface area contributed by atoms with Gasteiger partial charge in [-0.1, -0.05) is 29.8 Å². The predicted octanol–water partition coefficient (Wildman–Crippen LogP) is 3.28. The van der Waals surface area contributed by atoms with Crippen molar-refractivity contribution in [3.63, 3.8) is 0 Å². The van der Waals surface area contributed by atoms with Crippen molar-refractivity contribution in [2.75, 3.05) is 5.73 Å². The minimum atomic E-state index is -0.0946. The summed E-state index contributed by atoms with van der Waals surface area (Å²) in [6, 6.07) is 13.4. The first-order valence-corrected chi connectivity index (χ1v) is 7.72. The number of fused-ring (bicyclic) bond motifs is 1. The molecule has 1 heterocycles. The molecule has 0 fully saturated rings. The van der Waals surface area contributed by atoms with Crippen molar-refractivity contribution in [3.8, 4) is 0 Å². The number of anilines is 1. The Morgan fingerprint density at radius 3 is 2.76 bits per heavy atom. The van der Waals surface area contributed by atoms with Crippen LogP contribution in [0, 0.1) is 0 Å². The van der Waals surface area contributed by atoms with Crippen molar-refractivity contribution in [1.82, 2.24) is 10.4 Å². The lowest BCUT2D eigenvalue weighted by Gasteiger charge is -2.17. The highest BCUT2D eigenvalue weighted by Gasteiger charge is 2.16. The number of para-hydroxylation sites is 1. The molecule has 0 spiro atoms. The summed E-state index contributed by atoms with van der Waals surface area (Å²) in [5, 5.41) is 1.64. The molecule has 108 valence electrons. The summed E-state index contributed by atoms with van der Waals surface area (Å²) in [6.45, 7) is 0. The molecule has 3 rings (SSSR count). The Balaban J connectivity index is 1.90. The van der Waals surface area contributed by atoms with Crippen molar-refractivity contribution in [3.05, 3.63) is 58.1 Å². The Labute approximate surface area is 131 Å².